The highest BCUT2D eigenvalue weighted by Gasteiger charge is 2.46. The van der Waals surface area contributed by atoms with Crippen LogP contribution >= 0.6 is 0 Å². The molecule has 1 amide bonds. The molecule has 0 spiro atoms. The largest absolute Gasteiger partial charge is 0.491 e. The number of ketones is 1. The summed E-state index contributed by atoms with van der Waals surface area (Å²) in [4.78, 5) is 38.5. The fraction of sp³-hybridized carbons (Fsp3) is 0.489. The Morgan fingerprint density at radius 3 is 2.21 bits per heavy atom. The molecule has 0 aromatic heterocycles. The van der Waals surface area contributed by atoms with Gasteiger partial charge < -0.3 is 38.5 Å². The van der Waals surface area contributed by atoms with E-state index < -0.39 is 23.7 Å². The number of hydrogen-bond donors (Lipinski definition) is 1. The number of hydrogen-bond acceptors (Lipinski definition) is 10. The van der Waals surface area contributed by atoms with Crippen LogP contribution in [-0.4, -0.2) is 74.5 Å². The fourth-order valence-electron chi connectivity index (χ4n) is 7.10. The average Bonchev–Trinajstić information content (AvgIpc) is 3.52. The van der Waals surface area contributed by atoms with Gasteiger partial charge in [-0.1, -0.05) is 48.6 Å². The summed E-state index contributed by atoms with van der Waals surface area (Å²) in [6.45, 7) is 3.67. The second kappa shape index (κ2) is 21.2. The molecule has 2 aliphatic heterocycles. The van der Waals surface area contributed by atoms with Crippen LogP contribution < -0.4 is 14.8 Å². The zero-order chi connectivity index (χ0) is 39.0. The first-order chi connectivity index (χ1) is 27.3. The highest BCUT2D eigenvalue weighted by molar-refractivity contribution is 6.04. The second-order valence-corrected chi connectivity index (χ2v) is 14.9. The van der Waals surface area contributed by atoms with E-state index in [4.69, 9.17) is 33.2 Å². The van der Waals surface area contributed by atoms with Crippen molar-refractivity contribution in [3.8, 4) is 11.5 Å². The van der Waals surface area contributed by atoms with Gasteiger partial charge in [0.15, 0.2) is 12.6 Å². The third kappa shape index (κ3) is 12.8. The Kier molecular flexibility index (Phi) is 15.6. The molecule has 0 bridgehead atoms. The molecular weight excluding hydrogens is 714 g/mol. The SMILES string of the molecule is CC(COc1ccccc1)(CO[C@H]1[C@H](OC2CCCCO2)CC(=O)[C@@H]1CC=CCCCC(=O)Oc1ccc(NC(=O)c2ccccc2)cc1)OC1CCCCO1. The molecule has 1 aliphatic carbocycles. The molecule has 3 aliphatic rings. The molecule has 0 radical (unpaired) electrons. The highest BCUT2D eigenvalue weighted by Crippen LogP contribution is 2.35. The molecule has 2 heterocycles. The van der Waals surface area contributed by atoms with E-state index >= 15 is 0 Å². The maximum atomic E-state index is 13.5. The zero-order valence-corrected chi connectivity index (χ0v) is 32.3. The van der Waals surface area contributed by atoms with Gasteiger partial charge in [0.1, 0.15) is 29.5 Å². The van der Waals surface area contributed by atoms with Gasteiger partial charge in [0.2, 0.25) is 0 Å². The van der Waals surface area contributed by atoms with E-state index in [0.29, 0.717) is 49.5 Å². The fourth-order valence-corrected chi connectivity index (χ4v) is 7.10. The minimum absolute atomic E-state index is 0.0912. The Morgan fingerprint density at radius 1 is 0.821 bits per heavy atom. The summed E-state index contributed by atoms with van der Waals surface area (Å²) in [6, 6.07) is 25.3. The zero-order valence-electron chi connectivity index (χ0n) is 32.3. The Balaban J connectivity index is 1.00. The van der Waals surface area contributed by atoms with Gasteiger partial charge >= 0.3 is 5.97 Å². The van der Waals surface area contributed by atoms with Crippen LogP contribution in [0.4, 0.5) is 5.69 Å². The van der Waals surface area contributed by atoms with Crippen molar-refractivity contribution in [1.29, 1.82) is 0 Å². The summed E-state index contributed by atoms with van der Waals surface area (Å²) in [7, 11) is 0. The number of esters is 1. The Labute approximate surface area is 330 Å². The van der Waals surface area contributed by atoms with Crippen molar-refractivity contribution in [1.82, 2.24) is 0 Å². The van der Waals surface area contributed by atoms with Gasteiger partial charge in [-0.2, -0.15) is 0 Å². The third-order valence-electron chi connectivity index (χ3n) is 10.2. The third-order valence-corrected chi connectivity index (χ3v) is 10.2. The monoisotopic (exact) mass is 769 g/mol. The summed E-state index contributed by atoms with van der Waals surface area (Å²) in [5, 5.41) is 2.83. The van der Waals surface area contributed by atoms with Crippen LogP contribution in [0.1, 0.15) is 87.9 Å². The maximum Gasteiger partial charge on any atom is 0.311 e. The number of amides is 1. The predicted octanol–water partition coefficient (Wildman–Crippen LogP) is 8.23. The van der Waals surface area contributed by atoms with Gasteiger partial charge in [0.25, 0.3) is 5.91 Å². The van der Waals surface area contributed by atoms with Crippen LogP contribution in [0.25, 0.3) is 0 Å². The van der Waals surface area contributed by atoms with Crippen molar-refractivity contribution in [2.24, 2.45) is 5.92 Å². The molecule has 1 N–H and O–H groups in total. The Hall–Kier alpha value is -4.39. The van der Waals surface area contributed by atoms with Crippen molar-refractivity contribution in [2.75, 3.05) is 31.7 Å². The number of rotatable bonds is 19. The molecule has 300 valence electrons. The van der Waals surface area contributed by atoms with Crippen LogP contribution in [0, 0.1) is 5.92 Å². The second-order valence-electron chi connectivity index (χ2n) is 14.9. The van der Waals surface area contributed by atoms with Gasteiger partial charge in [-0.15, -0.1) is 0 Å². The van der Waals surface area contributed by atoms with E-state index in [1.165, 1.54) is 0 Å². The molecular formula is C45H55NO10. The van der Waals surface area contributed by atoms with Gasteiger partial charge in [-0.3, -0.25) is 14.4 Å². The number of ether oxygens (including phenoxy) is 7. The van der Waals surface area contributed by atoms with E-state index in [1.54, 1.807) is 48.5 Å². The van der Waals surface area contributed by atoms with Crippen LogP contribution in [0.15, 0.2) is 97.1 Å². The van der Waals surface area contributed by atoms with E-state index in [0.717, 1.165) is 44.3 Å². The first-order valence-corrected chi connectivity index (χ1v) is 20.0. The lowest BCUT2D eigenvalue weighted by atomic mass is 9.99. The number of para-hydroxylation sites is 1. The van der Waals surface area contributed by atoms with Crippen molar-refractivity contribution in [2.45, 2.75) is 108 Å². The van der Waals surface area contributed by atoms with E-state index in [-0.39, 0.29) is 56.3 Å². The molecule has 2 saturated heterocycles. The standard InChI is InChI=1S/C45H55NO10/c1-45(56-42-23-13-15-29-51-42,31-52-35-18-8-5-9-19-35)32-53-43-37(38(47)30-39(43)55-41-22-12-14-28-50-41)20-10-2-3-11-21-40(48)54-36-26-24-34(25-27-36)46-44(49)33-16-6-4-7-17-33/h2,4-10,16-19,24-27,37,39,41-43H,3,11-15,20-23,28-32H2,1H3,(H,46,49)/t37-,39+,41?,42?,43+,45?/m0/s1. The van der Waals surface area contributed by atoms with Crippen LogP contribution in [0.3, 0.4) is 0 Å². The van der Waals surface area contributed by atoms with Crippen LogP contribution in [-0.2, 0) is 33.3 Å². The lowest BCUT2D eigenvalue weighted by Crippen LogP contribution is -2.47. The number of unbranched alkanes of at least 4 members (excludes halogenated alkanes) is 1. The molecule has 3 unspecified atom stereocenters. The topological polar surface area (TPSA) is 128 Å². The van der Waals surface area contributed by atoms with Crippen molar-refractivity contribution >= 4 is 23.3 Å². The van der Waals surface area contributed by atoms with Gasteiger partial charge in [-0.25, -0.2) is 0 Å². The molecule has 1 saturated carbocycles. The number of carbonyl (C=O) groups excluding carboxylic acids is 3. The number of benzene rings is 3. The smallest absolute Gasteiger partial charge is 0.311 e. The minimum Gasteiger partial charge on any atom is -0.491 e. The van der Waals surface area contributed by atoms with E-state index in [9.17, 15) is 14.4 Å². The van der Waals surface area contributed by atoms with E-state index in [1.807, 2.05) is 55.5 Å². The summed E-state index contributed by atoms with van der Waals surface area (Å²) < 4.78 is 43.1. The van der Waals surface area contributed by atoms with Crippen molar-refractivity contribution < 1.29 is 47.5 Å². The van der Waals surface area contributed by atoms with Gasteiger partial charge in [-0.05, 0) is 113 Å². The summed E-state index contributed by atoms with van der Waals surface area (Å²) >= 11 is 0. The number of anilines is 1. The average molecular weight is 770 g/mol. The minimum atomic E-state index is -0.856. The number of allylic oxidation sites excluding steroid dienone is 2. The molecule has 3 aromatic rings. The molecule has 56 heavy (non-hydrogen) atoms. The Morgan fingerprint density at radius 2 is 1.52 bits per heavy atom. The Bertz CT molecular complexity index is 1690. The van der Waals surface area contributed by atoms with Gasteiger partial charge in [0, 0.05) is 37.3 Å². The lowest BCUT2D eigenvalue weighted by molar-refractivity contribution is -0.252. The highest BCUT2D eigenvalue weighted by atomic mass is 16.7. The van der Waals surface area contributed by atoms with E-state index in [2.05, 4.69) is 5.32 Å². The van der Waals surface area contributed by atoms with Crippen molar-refractivity contribution in [3.63, 3.8) is 0 Å². The summed E-state index contributed by atoms with van der Waals surface area (Å²) in [5.74, 6) is 0.264. The van der Waals surface area contributed by atoms with Gasteiger partial charge in [0.05, 0.1) is 24.7 Å². The molecule has 11 nitrogen and oxygen atoms in total. The predicted molar refractivity (Wildman–Crippen MR) is 210 cm³/mol. The van der Waals surface area contributed by atoms with Crippen molar-refractivity contribution in [3.05, 3.63) is 103 Å². The number of nitrogens with one attached hydrogen (secondary N) is 1. The molecule has 3 aromatic carbocycles. The quantitative estimate of drug-likeness (QED) is 0.0551. The summed E-state index contributed by atoms with van der Waals surface area (Å²) in [5.41, 5.74) is 0.304. The first-order valence-electron chi connectivity index (χ1n) is 20.0. The molecule has 11 heteroatoms. The lowest BCUT2D eigenvalue weighted by Gasteiger charge is -2.37. The van der Waals surface area contributed by atoms with Crippen LogP contribution in [0.2, 0.25) is 0 Å². The maximum absolute atomic E-state index is 13.5. The normalized spacial score (nSPS) is 23.7. The number of carbonyl (C=O) groups is 3. The first kappa shape index (κ1) is 41.2. The molecule has 3 fully saturated rings. The molecule has 6 atom stereocenters. The summed E-state index contributed by atoms with van der Waals surface area (Å²) in [6.07, 6.45) is 10.1. The van der Waals surface area contributed by atoms with Crippen LogP contribution in [0.5, 0.6) is 11.5 Å². The molecule has 6 rings (SSSR count). The number of Topliss-reactive ketones (excluding diaryl/α,β-unsaturated/α-hetero) is 1.